The van der Waals surface area contributed by atoms with Crippen LogP contribution in [0.4, 0.5) is 0 Å². The van der Waals surface area contributed by atoms with Gasteiger partial charge in [-0.15, -0.1) is 0 Å². The number of rotatable bonds is 5. The number of nitriles is 1. The zero-order chi connectivity index (χ0) is 10.5. The Hall–Kier alpha value is -0.640. The van der Waals surface area contributed by atoms with Crippen LogP contribution in [-0.2, 0) is 10.2 Å². The zero-order valence-electron chi connectivity index (χ0n) is 8.03. The van der Waals surface area contributed by atoms with Crippen molar-refractivity contribution in [3.63, 3.8) is 0 Å². The van der Waals surface area contributed by atoms with Gasteiger partial charge < -0.3 is 0 Å². The molecule has 0 heterocycles. The molecule has 2 N–H and O–H groups in total. The summed E-state index contributed by atoms with van der Waals surface area (Å²) in [6, 6.07) is 1.21. The summed E-state index contributed by atoms with van der Waals surface area (Å²) in [6.45, 7) is 5.55. The summed E-state index contributed by atoms with van der Waals surface area (Å²) in [7, 11) is -3.51. The maximum Gasteiger partial charge on any atom is 0.278 e. The first kappa shape index (κ1) is 12.4. The minimum atomic E-state index is -3.51. The second-order valence-corrected chi connectivity index (χ2v) is 4.50. The van der Waals surface area contributed by atoms with Gasteiger partial charge in [0, 0.05) is 6.54 Å². The molecular weight excluding hydrogens is 190 g/mol. The second kappa shape index (κ2) is 5.17. The quantitative estimate of drug-likeness (QED) is 0.661. The van der Waals surface area contributed by atoms with E-state index in [-0.39, 0.29) is 5.92 Å². The van der Waals surface area contributed by atoms with Crippen LogP contribution in [0.5, 0.6) is 0 Å². The van der Waals surface area contributed by atoms with Gasteiger partial charge in [-0.2, -0.15) is 18.4 Å². The lowest BCUT2D eigenvalue weighted by molar-refractivity contribution is 0.508. The van der Waals surface area contributed by atoms with Crippen LogP contribution in [0.25, 0.3) is 0 Å². The fourth-order valence-electron chi connectivity index (χ4n) is 0.710. The van der Waals surface area contributed by atoms with Crippen molar-refractivity contribution in [2.45, 2.75) is 26.8 Å². The van der Waals surface area contributed by atoms with Gasteiger partial charge in [0.15, 0.2) is 0 Å². The van der Waals surface area contributed by atoms with Crippen molar-refractivity contribution in [1.29, 1.82) is 5.26 Å². The molecule has 0 aromatic carbocycles. The Kier molecular flexibility index (Phi) is 4.91. The smallest absolute Gasteiger partial charge is 0.203 e. The summed E-state index contributed by atoms with van der Waals surface area (Å²) >= 11 is 0. The highest BCUT2D eigenvalue weighted by Crippen LogP contribution is 2.00. The van der Waals surface area contributed by atoms with Crippen LogP contribution < -0.4 is 9.44 Å². The summed E-state index contributed by atoms with van der Waals surface area (Å²) in [5, 5.41) is 8.62. The highest BCUT2D eigenvalue weighted by Gasteiger charge is 2.18. The Balaban J connectivity index is 4.34. The van der Waals surface area contributed by atoms with Gasteiger partial charge in [-0.1, -0.05) is 20.8 Å². The van der Waals surface area contributed by atoms with Crippen molar-refractivity contribution in [2.75, 3.05) is 6.54 Å². The van der Waals surface area contributed by atoms with E-state index in [1.807, 2.05) is 6.07 Å². The molecule has 0 aliphatic heterocycles. The molecule has 0 aliphatic carbocycles. The van der Waals surface area contributed by atoms with Crippen molar-refractivity contribution < 1.29 is 8.42 Å². The second-order valence-electron chi connectivity index (χ2n) is 2.97. The van der Waals surface area contributed by atoms with Crippen LogP contribution in [0.2, 0.25) is 0 Å². The van der Waals surface area contributed by atoms with Crippen LogP contribution in [0.3, 0.4) is 0 Å². The Labute approximate surface area is 79.3 Å². The number of nitrogens with zero attached hydrogens (tertiary/aromatic N) is 1. The Morgan fingerprint density at radius 2 is 2.00 bits per heavy atom. The van der Waals surface area contributed by atoms with Gasteiger partial charge >= 0.3 is 0 Å². The molecule has 0 aliphatic rings. The van der Waals surface area contributed by atoms with E-state index in [2.05, 4.69) is 9.44 Å². The van der Waals surface area contributed by atoms with E-state index >= 15 is 0 Å². The number of nitrogens with one attached hydrogen (secondary N) is 2. The highest BCUT2D eigenvalue weighted by molar-refractivity contribution is 7.87. The first-order valence-corrected chi connectivity index (χ1v) is 5.57. The SMILES string of the molecule is CCNS(=O)(=O)NC(C#N)C(C)C. The molecule has 0 rings (SSSR count). The Morgan fingerprint density at radius 3 is 2.31 bits per heavy atom. The summed E-state index contributed by atoms with van der Waals surface area (Å²) in [4.78, 5) is 0. The molecule has 0 fully saturated rings. The average Bonchev–Trinajstić information content (AvgIpc) is 1.99. The first-order valence-electron chi connectivity index (χ1n) is 4.09. The molecular formula is C7H15N3O2S. The molecule has 0 bridgehead atoms. The van der Waals surface area contributed by atoms with E-state index in [0.717, 1.165) is 0 Å². The topological polar surface area (TPSA) is 82.0 Å². The van der Waals surface area contributed by atoms with Crippen LogP contribution in [0.15, 0.2) is 0 Å². The third kappa shape index (κ3) is 4.83. The van der Waals surface area contributed by atoms with E-state index in [1.165, 1.54) is 0 Å². The lowest BCUT2D eigenvalue weighted by atomic mass is 10.1. The standard InChI is InChI=1S/C7H15N3O2S/c1-4-9-13(11,12)10-7(5-8)6(2)3/h6-7,9-10H,4H2,1-3H3. The van der Waals surface area contributed by atoms with Crippen LogP contribution in [0.1, 0.15) is 20.8 Å². The van der Waals surface area contributed by atoms with Gasteiger partial charge in [-0.25, -0.2) is 4.72 Å². The molecule has 5 nitrogen and oxygen atoms in total. The maximum absolute atomic E-state index is 11.1. The van der Waals surface area contributed by atoms with Gasteiger partial charge in [-0.05, 0) is 5.92 Å². The van der Waals surface area contributed by atoms with Crippen molar-refractivity contribution in [1.82, 2.24) is 9.44 Å². The molecule has 1 unspecified atom stereocenters. The molecule has 13 heavy (non-hydrogen) atoms. The van der Waals surface area contributed by atoms with Crippen LogP contribution in [-0.4, -0.2) is 21.0 Å². The predicted molar refractivity (Wildman–Crippen MR) is 50.0 cm³/mol. The largest absolute Gasteiger partial charge is 0.278 e. The molecule has 6 heteroatoms. The average molecular weight is 205 g/mol. The Bertz CT molecular complexity index is 279. The minimum Gasteiger partial charge on any atom is -0.203 e. The van der Waals surface area contributed by atoms with Gasteiger partial charge in [0.2, 0.25) is 0 Å². The van der Waals surface area contributed by atoms with E-state index in [4.69, 9.17) is 5.26 Å². The molecule has 0 aromatic heterocycles. The fraction of sp³-hybridized carbons (Fsp3) is 0.857. The van der Waals surface area contributed by atoms with Crippen molar-refractivity contribution in [3.8, 4) is 6.07 Å². The third-order valence-corrected chi connectivity index (χ3v) is 2.66. The molecule has 0 aromatic rings. The molecule has 0 spiro atoms. The summed E-state index contributed by atoms with van der Waals surface area (Å²) in [6.07, 6.45) is 0. The first-order chi connectivity index (χ1) is 5.93. The summed E-state index contributed by atoms with van der Waals surface area (Å²) < 4.78 is 26.8. The lowest BCUT2D eigenvalue weighted by Crippen LogP contribution is -2.44. The molecule has 76 valence electrons. The lowest BCUT2D eigenvalue weighted by Gasteiger charge is -2.14. The summed E-state index contributed by atoms with van der Waals surface area (Å²) in [5.74, 6) is -0.0431. The van der Waals surface area contributed by atoms with E-state index in [0.29, 0.717) is 6.54 Å². The third-order valence-electron chi connectivity index (χ3n) is 1.42. The van der Waals surface area contributed by atoms with Crippen molar-refractivity contribution in [2.24, 2.45) is 5.92 Å². The van der Waals surface area contributed by atoms with Crippen molar-refractivity contribution >= 4 is 10.2 Å². The molecule has 0 saturated heterocycles. The highest BCUT2D eigenvalue weighted by atomic mass is 32.2. The predicted octanol–water partition coefficient (Wildman–Crippen LogP) is -0.0215. The Morgan fingerprint density at radius 1 is 1.46 bits per heavy atom. The maximum atomic E-state index is 11.1. The van der Waals surface area contributed by atoms with E-state index in [9.17, 15) is 8.42 Å². The zero-order valence-corrected chi connectivity index (χ0v) is 8.85. The number of hydrogen-bond donors (Lipinski definition) is 2. The molecule has 1 atom stereocenters. The monoisotopic (exact) mass is 205 g/mol. The summed E-state index contributed by atoms with van der Waals surface area (Å²) in [5.41, 5.74) is 0. The van der Waals surface area contributed by atoms with Crippen LogP contribution in [0, 0.1) is 17.2 Å². The molecule has 0 radical (unpaired) electrons. The molecule has 0 saturated carbocycles. The number of hydrogen-bond acceptors (Lipinski definition) is 3. The van der Waals surface area contributed by atoms with Gasteiger partial charge in [-0.3, -0.25) is 0 Å². The van der Waals surface area contributed by atoms with E-state index < -0.39 is 16.3 Å². The van der Waals surface area contributed by atoms with Gasteiger partial charge in [0.25, 0.3) is 10.2 Å². The fourth-order valence-corrected chi connectivity index (χ4v) is 1.83. The van der Waals surface area contributed by atoms with Crippen molar-refractivity contribution in [3.05, 3.63) is 0 Å². The molecule has 0 amide bonds. The van der Waals surface area contributed by atoms with Crippen LogP contribution >= 0.6 is 0 Å². The van der Waals surface area contributed by atoms with Gasteiger partial charge in [0.1, 0.15) is 6.04 Å². The van der Waals surface area contributed by atoms with E-state index in [1.54, 1.807) is 20.8 Å². The normalized spacial score (nSPS) is 14.1. The van der Waals surface area contributed by atoms with Gasteiger partial charge in [0.05, 0.1) is 6.07 Å². The minimum absolute atomic E-state index is 0.0431.